The third-order valence-electron chi connectivity index (χ3n) is 6.75. The second kappa shape index (κ2) is 8.74. The molecule has 3 aliphatic heterocycles. The Bertz CT molecular complexity index is 1240. The molecule has 0 amide bonds. The summed E-state index contributed by atoms with van der Waals surface area (Å²) in [5.74, 6) is 0.0332. The van der Waals surface area contributed by atoms with E-state index in [-0.39, 0.29) is 60.0 Å². The van der Waals surface area contributed by atoms with Crippen LogP contribution in [0.25, 0.3) is 0 Å². The lowest BCUT2D eigenvalue weighted by Gasteiger charge is -2.28. The highest BCUT2D eigenvalue weighted by Crippen LogP contribution is 2.44. The van der Waals surface area contributed by atoms with Gasteiger partial charge in [-0.1, -0.05) is 60.7 Å². The molecule has 178 valence electrons. The number of phenolic OH excluding ortho intramolecular Hbond substituents is 1. The van der Waals surface area contributed by atoms with Gasteiger partial charge in [0.1, 0.15) is 53.3 Å². The van der Waals surface area contributed by atoms with E-state index in [1.54, 1.807) is 6.07 Å². The summed E-state index contributed by atoms with van der Waals surface area (Å²) in [6.45, 7) is 0. The molecule has 7 nitrogen and oxygen atoms in total. The number of rotatable bonds is 5. The monoisotopic (exact) mass is 472 g/mol. The maximum atomic E-state index is 12.9. The molecule has 0 spiro atoms. The summed E-state index contributed by atoms with van der Waals surface area (Å²) >= 11 is 0. The van der Waals surface area contributed by atoms with Gasteiger partial charge >= 0.3 is 5.97 Å². The Balaban J connectivity index is 1.30. The number of phenols is 1. The Morgan fingerprint density at radius 3 is 2.37 bits per heavy atom. The van der Waals surface area contributed by atoms with Crippen molar-refractivity contribution in [1.29, 1.82) is 0 Å². The van der Waals surface area contributed by atoms with Crippen LogP contribution in [0.15, 0.2) is 72.8 Å². The van der Waals surface area contributed by atoms with Gasteiger partial charge in [0, 0.05) is 18.6 Å². The molecule has 2 fully saturated rings. The van der Waals surface area contributed by atoms with Gasteiger partial charge in [-0.2, -0.15) is 0 Å². The van der Waals surface area contributed by atoms with E-state index in [0.717, 1.165) is 11.1 Å². The quantitative estimate of drug-likeness (QED) is 0.539. The first-order valence-electron chi connectivity index (χ1n) is 11.7. The minimum Gasteiger partial charge on any atom is -0.507 e. The number of esters is 1. The highest BCUT2D eigenvalue weighted by molar-refractivity contribution is 6.02. The molecule has 0 aliphatic carbocycles. The normalized spacial score (nSPS) is 25.8. The predicted molar refractivity (Wildman–Crippen MR) is 124 cm³/mol. The molecule has 7 heteroatoms. The number of aromatic hydroxyl groups is 1. The average Bonchev–Trinajstić information content (AvgIpc) is 3.40. The number of ether oxygens (including phenoxy) is 4. The third-order valence-corrected chi connectivity index (χ3v) is 6.75. The van der Waals surface area contributed by atoms with Gasteiger partial charge in [-0.05, 0) is 11.1 Å². The first kappa shape index (κ1) is 21.7. The van der Waals surface area contributed by atoms with Crippen molar-refractivity contribution >= 4 is 11.8 Å². The van der Waals surface area contributed by atoms with Crippen LogP contribution in [0.3, 0.4) is 0 Å². The van der Waals surface area contributed by atoms with Crippen molar-refractivity contribution in [2.75, 3.05) is 0 Å². The molecule has 35 heavy (non-hydrogen) atoms. The summed E-state index contributed by atoms with van der Waals surface area (Å²) in [4.78, 5) is 24.5. The summed E-state index contributed by atoms with van der Waals surface area (Å²) < 4.78 is 24.1. The molecular weight excluding hydrogens is 448 g/mol. The number of ketones is 1. The summed E-state index contributed by atoms with van der Waals surface area (Å²) in [5, 5.41) is 10.7. The van der Waals surface area contributed by atoms with Gasteiger partial charge in [0.2, 0.25) is 0 Å². The summed E-state index contributed by atoms with van der Waals surface area (Å²) in [6, 6.07) is 22.2. The van der Waals surface area contributed by atoms with Gasteiger partial charge in [-0.15, -0.1) is 0 Å². The van der Waals surface area contributed by atoms with Crippen LogP contribution >= 0.6 is 0 Å². The molecule has 3 heterocycles. The standard InChI is InChI=1S/C28H24O7/c29-19-11-18(12-24-27(19)20(30)13-21(33-24)16-7-3-1-4-8-16)32-28(17-9-5-2-6-10-17)25-14-22-23(34-25)15-26(31)35-22/h1-12,21-23,25,28-29H,13-15H2/t21-,22+,23+,25-,28-/m0/s1. The van der Waals surface area contributed by atoms with Crippen molar-refractivity contribution in [2.45, 2.75) is 49.8 Å². The molecule has 5 atom stereocenters. The highest BCUT2D eigenvalue weighted by Gasteiger charge is 2.47. The number of fused-ring (bicyclic) bond motifs is 2. The number of benzene rings is 3. The number of carbonyl (C=O) groups excluding carboxylic acids is 2. The Morgan fingerprint density at radius 2 is 1.63 bits per heavy atom. The van der Waals surface area contributed by atoms with Crippen LogP contribution < -0.4 is 9.47 Å². The Morgan fingerprint density at radius 1 is 0.886 bits per heavy atom. The second-order valence-electron chi connectivity index (χ2n) is 9.09. The van der Waals surface area contributed by atoms with Gasteiger partial charge < -0.3 is 24.1 Å². The summed E-state index contributed by atoms with van der Waals surface area (Å²) in [5.41, 5.74) is 1.94. The van der Waals surface area contributed by atoms with Crippen LogP contribution in [0.2, 0.25) is 0 Å². The van der Waals surface area contributed by atoms with Crippen molar-refractivity contribution in [1.82, 2.24) is 0 Å². The van der Waals surface area contributed by atoms with Crippen LogP contribution in [-0.2, 0) is 14.3 Å². The van der Waals surface area contributed by atoms with Crippen LogP contribution in [-0.4, -0.2) is 35.2 Å². The van der Waals surface area contributed by atoms with Crippen molar-refractivity contribution < 1.29 is 33.6 Å². The van der Waals surface area contributed by atoms with E-state index in [4.69, 9.17) is 18.9 Å². The van der Waals surface area contributed by atoms with Gasteiger partial charge in [0.05, 0.1) is 12.8 Å². The molecule has 0 bridgehead atoms. The van der Waals surface area contributed by atoms with E-state index >= 15 is 0 Å². The number of Topliss-reactive ketones (excluding diaryl/α,β-unsaturated/α-hetero) is 1. The molecule has 6 rings (SSSR count). The molecule has 0 aromatic heterocycles. The third kappa shape index (κ3) is 4.12. The van der Waals surface area contributed by atoms with Gasteiger partial charge in [0.15, 0.2) is 5.78 Å². The molecule has 0 radical (unpaired) electrons. The molecular formula is C28H24O7. The van der Waals surface area contributed by atoms with E-state index in [9.17, 15) is 14.7 Å². The average molecular weight is 472 g/mol. The highest BCUT2D eigenvalue weighted by atomic mass is 16.6. The van der Waals surface area contributed by atoms with Gasteiger partial charge in [0.25, 0.3) is 0 Å². The Hall–Kier alpha value is -3.84. The second-order valence-corrected chi connectivity index (χ2v) is 9.09. The summed E-state index contributed by atoms with van der Waals surface area (Å²) in [7, 11) is 0. The minimum atomic E-state index is -0.512. The number of hydrogen-bond acceptors (Lipinski definition) is 7. The lowest BCUT2D eigenvalue weighted by Crippen LogP contribution is -2.25. The molecule has 1 N–H and O–H groups in total. The van der Waals surface area contributed by atoms with E-state index < -0.39 is 12.2 Å². The fourth-order valence-electron chi connectivity index (χ4n) is 5.11. The topological polar surface area (TPSA) is 91.3 Å². The number of carbonyl (C=O) groups is 2. The zero-order chi connectivity index (χ0) is 23.9. The van der Waals surface area contributed by atoms with E-state index in [0.29, 0.717) is 12.2 Å². The fourth-order valence-corrected chi connectivity index (χ4v) is 5.11. The van der Waals surface area contributed by atoms with Crippen molar-refractivity contribution in [3.63, 3.8) is 0 Å². The Labute approximate surface area is 202 Å². The largest absolute Gasteiger partial charge is 0.507 e. The first-order chi connectivity index (χ1) is 17.0. The maximum Gasteiger partial charge on any atom is 0.308 e. The summed E-state index contributed by atoms with van der Waals surface area (Å²) in [6.07, 6.45) is -0.978. The van der Waals surface area contributed by atoms with Gasteiger partial charge in [-0.3, -0.25) is 9.59 Å². The Kier molecular flexibility index (Phi) is 5.41. The molecule has 3 aromatic rings. The molecule has 3 aromatic carbocycles. The predicted octanol–water partition coefficient (Wildman–Crippen LogP) is 4.69. The van der Waals surface area contributed by atoms with E-state index in [2.05, 4.69) is 0 Å². The minimum absolute atomic E-state index is 0.148. The molecule has 3 aliphatic rings. The van der Waals surface area contributed by atoms with Crippen LogP contribution in [0.4, 0.5) is 0 Å². The van der Waals surface area contributed by atoms with Crippen LogP contribution in [0.5, 0.6) is 17.2 Å². The van der Waals surface area contributed by atoms with Crippen molar-refractivity contribution in [2.24, 2.45) is 0 Å². The maximum absolute atomic E-state index is 12.9. The fraction of sp³-hybridized carbons (Fsp3) is 0.286. The van der Waals surface area contributed by atoms with Crippen molar-refractivity contribution in [3.8, 4) is 17.2 Å². The van der Waals surface area contributed by atoms with Crippen molar-refractivity contribution in [3.05, 3.63) is 89.5 Å². The van der Waals surface area contributed by atoms with Crippen LogP contribution in [0, 0.1) is 0 Å². The zero-order valence-electron chi connectivity index (χ0n) is 18.8. The lowest BCUT2D eigenvalue weighted by atomic mass is 9.95. The van der Waals surface area contributed by atoms with Gasteiger partial charge in [-0.25, -0.2) is 0 Å². The first-order valence-corrected chi connectivity index (χ1v) is 11.7. The number of hydrogen-bond donors (Lipinski definition) is 1. The smallest absolute Gasteiger partial charge is 0.308 e. The molecule has 0 saturated carbocycles. The van der Waals surface area contributed by atoms with E-state index in [1.165, 1.54) is 6.07 Å². The molecule has 2 saturated heterocycles. The SMILES string of the molecule is O=C1C[C@H]2O[C@H]([C@@H](Oc3cc(O)c4c(c3)O[C@H](c3ccccc3)CC4=O)c3ccccc3)C[C@H]2O1. The van der Waals surface area contributed by atoms with Crippen LogP contribution in [0.1, 0.15) is 53.0 Å². The molecule has 0 unspecified atom stereocenters. The lowest BCUT2D eigenvalue weighted by molar-refractivity contribution is -0.141. The zero-order valence-corrected chi connectivity index (χ0v) is 18.8. The van der Waals surface area contributed by atoms with E-state index in [1.807, 2.05) is 60.7 Å².